The number of nitrogens with zero attached hydrogens (tertiary/aromatic N) is 2. The lowest BCUT2D eigenvalue weighted by Crippen LogP contribution is -2.41. The standard InChI is InChI=1S/C16H20N2O5S/c1-22-8-7-17-14(20)13-10-5-3-4-6-11(10)24-15(13)18(16(17)21)9-12(19)23-2/h3-9H2,1-2H3. The summed E-state index contributed by atoms with van der Waals surface area (Å²) in [7, 11) is 2.80. The number of fused-ring (bicyclic) bond motifs is 3. The first-order valence-corrected chi connectivity index (χ1v) is 8.73. The molecule has 2 heterocycles. The van der Waals surface area contributed by atoms with E-state index in [2.05, 4.69) is 0 Å². The molecule has 0 spiro atoms. The third kappa shape index (κ3) is 2.80. The van der Waals surface area contributed by atoms with Crippen molar-refractivity contribution >= 4 is 27.5 Å². The number of aromatic nitrogens is 2. The van der Waals surface area contributed by atoms with Gasteiger partial charge >= 0.3 is 11.7 Å². The average Bonchev–Trinajstić information content (AvgIpc) is 2.97. The Hall–Kier alpha value is -1.93. The van der Waals surface area contributed by atoms with Gasteiger partial charge in [0.2, 0.25) is 0 Å². The van der Waals surface area contributed by atoms with Gasteiger partial charge in [-0.1, -0.05) is 0 Å². The molecule has 0 unspecified atom stereocenters. The van der Waals surface area contributed by atoms with E-state index in [-0.39, 0.29) is 25.3 Å². The van der Waals surface area contributed by atoms with Gasteiger partial charge in [-0.05, 0) is 31.2 Å². The maximum atomic E-state index is 12.9. The van der Waals surface area contributed by atoms with E-state index in [1.807, 2.05) is 0 Å². The molecule has 0 atom stereocenters. The van der Waals surface area contributed by atoms with Crippen LogP contribution < -0.4 is 11.2 Å². The molecule has 0 saturated carbocycles. The monoisotopic (exact) mass is 352 g/mol. The summed E-state index contributed by atoms with van der Waals surface area (Å²) >= 11 is 1.45. The number of carbonyl (C=O) groups excluding carboxylic acids is 1. The van der Waals surface area contributed by atoms with Gasteiger partial charge in [0.25, 0.3) is 5.56 Å². The number of thiophene rings is 1. The van der Waals surface area contributed by atoms with E-state index in [4.69, 9.17) is 9.47 Å². The summed E-state index contributed by atoms with van der Waals surface area (Å²) < 4.78 is 12.2. The fourth-order valence-corrected chi connectivity index (χ4v) is 4.50. The van der Waals surface area contributed by atoms with E-state index in [0.717, 1.165) is 40.7 Å². The highest BCUT2D eigenvalue weighted by Crippen LogP contribution is 2.34. The molecule has 7 nitrogen and oxygen atoms in total. The Labute approximate surface area is 142 Å². The normalized spacial score (nSPS) is 13.9. The number of esters is 1. The van der Waals surface area contributed by atoms with Gasteiger partial charge in [0.1, 0.15) is 11.4 Å². The van der Waals surface area contributed by atoms with Crippen LogP contribution in [0.25, 0.3) is 10.2 Å². The third-order valence-corrected chi connectivity index (χ3v) is 5.67. The molecule has 24 heavy (non-hydrogen) atoms. The molecule has 8 heteroatoms. The van der Waals surface area contributed by atoms with Crippen LogP contribution in [0.4, 0.5) is 0 Å². The second-order valence-electron chi connectivity index (χ2n) is 5.79. The Balaban J connectivity index is 2.30. The summed E-state index contributed by atoms with van der Waals surface area (Å²) in [4.78, 5) is 39.1. The lowest BCUT2D eigenvalue weighted by molar-refractivity contribution is -0.141. The number of hydrogen-bond donors (Lipinski definition) is 0. The average molecular weight is 352 g/mol. The molecular weight excluding hydrogens is 332 g/mol. The van der Waals surface area contributed by atoms with Crippen LogP contribution in [0.1, 0.15) is 23.3 Å². The van der Waals surface area contributed by atoms with Crippen molar-refractivity contribution in [2.75, 3.05) is 20.8 Å². The summed E-state index contributed by atoms with van der Waals surface area (Å²) in [6.45, 7) is 0.222. The molecule has 0 bridgehead atoms. The van der Waals surface area contributed by atoms with Crippen molar-refractivity contribution < 1.29 is 14.3 Å². The molecule has 2 aromatic heterocycles. The van der Waals surface area contributed by atoms with Gasteiger partial charge in [-0.25, -0.2) is 4.79 Å². The third-order valence-electron chi connectivity index (χ3n) is 4.35. The minimum Gasteiger partial charge on any atom is -0.468 e. The molecule has 0 radical (unpaired) electrons. The topological polar surface area (TPSA) is 79.5 Å². The molecule has 1 aliphatic rings. The number of methoxy groups -OCH3 is 2. The summed E-state index contributed by atoms with van der Waals surface area (Å²) in [5.74, 6) is -0.512. The minimum atomic E-state index is -0.512. The molecule has 0 N–H and O–H groups in total. The van der Waals surface area contributed by atoms with Gasteiger partial charge < -0.3 is 9.47 Å². The van der Waals surface area contributed by atoms with E-state index in [1.54, 1.807) is 0 Å². The zero-order valence-electron chi connectivity index (χ0n) is 13.8. The van der Waals surface area contributed by atoms with E-state index in [9.17, 15) is 14.4 Å². The van der Waals surface area contributed by atoms with Crippen molar-refractivity contribution in [2.45, 2.75) is 38.8 Å². The number of rotatable bonds is 5. The number of carbonyl (C=O) groups is 1. The first-order chi connectivity index (χ1) is 11.6. The Kier molecular flexibility index (Phi) is 4.86. The molecule has 0 aromatic carbocycles. The smallest absolute Gasteiger partial charge is 0.332 e. The Morgan fingerprint density at radius 3 is 2.62 bits per heavy atom. The van der Waals surface area contributed by atoms with Crippen LogP contribution in [0.5, 0.6) is 0 Å². The van der Waals surface area contributed by atoms with Crippen molar-refractivity contribution in [3.05, 3.63) is 31.3 Å². The van der Waals surface area contributed by atoms with Crippen LogP contribution >= 0.6 is 11.3 Å². The highest BCUT2D eigenvalue weighted by atomic mass is 32.1. The van der Waals surface area contributed by atoms with Gasteiger partial charge in [-0.2, -0.15) is 0 Å². The van der Waals surface area contributed by atoms with Crippen molar-refractivity contribution in [1.82, 2.24) is 9.13 Å². The molecule has 3 rings (SSSR count). The predicted molar refractivity (Wildman–Crippen MR) is 90.9 cm³/mol. The summed E-state index contributed by atoms with van der Waals surface area (Å²) in [5.41, 5.74) is 0.261. The number of aryl methyl sites for hydroxylation is 2. The lowest BCUT2D eigenvalue weighted by atomic mass is 9.97. The van der Waals surface area contributed by atoms with Crippen LogP contribution in [0, 0.1) is 0 Å². The zero-order chi connectivity index (χ0) is 17.3. The van der Waals surface area contributed by atoms with E-state index in [0.29, 0.717) is 10.2 Å². The van der Waals surface area contributed by atoms with Crippen LogP contribution in [-0.2, 0) is 40.2 Å². The van der Waals surface area contributed by atoms with Crippen molar-refractivity contribution in [1.29, 1.82) is 0 Å². The Morgan fingerprint density at radius 1 is 1.17 bits per heavy atom. The molecular formula is C16H20N2O5S. The van der Waals surface area contributed by atoms with Crippen LogP contribution in [-0.4, -0.2) is 35.9 Å². The van der Waals surface area contributed by atoms with Crippen molar-refractivity contribution in [2.24, 2.45) is 0 Å². The number of ether oxygens (including phenoxy) is 2. The molecule has 0 saturated heterocycles. The predicted octanol–water partition coefficient (Wildman–Crippen LogP) is 0.923. The van der Waals surface area contributed by atoms with Gasteiger partial charge in [0.05, 0.1) is 25.6 Å². The highest BCUT2D eigenvalue weighted by Gasteiger charge is 2.24. The maximum Gasteiger partial charge on any atom is 0.332 e. The van der Waals surface area contributed by atoms with Crippen molar-refractivity contribution in [3.8, 4) is 0 Å². The quantitative estimate of drug-likeness (QED) is 0.748. The fourth-order valence-electron chi connectivity index (χ4n) is 3.13. The highest BCUT2D eigenvalue weighted by molar-refractivity contribution is 7.18. The van der Waals surface area contributed by atoms with Crippen LogP contribution in [0.15, 0.2) is 9.59 Å². The Bertz CT molecular complexity index is 892. The maximum absolute atomic E-state index is 12.9. The van der Waals surface area contributed by atoms with Crippen LogP contribution in [0.2, 0.25) is 0 Å². The molecule has 1 aliphatic carbocycles. The minimum absolute atomic E-state index is 0.163. The lowest BCUT2D eigenvalue weighted by Gasteiger charge is -2.12. The second-order valence-corrected chi connectivity index (χ2v) is 6.87. The van der Waals surface area contributed by atoms with Crippen molar-refractivity contribution in [3.63, 3.8) is 0 Å². The van der Waals surface area contributed by atoms with Gasteiger partial charge in [-0.3, -0.25) is 18.7 Å². The van der Waals surface area contributed by atoms with Gasteiger partial charge in [0.15, 0.2) is 0 Å². The van der Waals surface area contributed by atoms with Gasteiger partial charge in [-0.15, -0.1) is 11.3 Å². The summed E-state index contributed by atoms with van der Waals surface area (Å²) in [6.07, 6.45) is 3.87. The zero-order valence-corrected chi connectivity index (χ0v) is 14.6. The van der Waals surface area contributed by atoms with E-state index in [1.165, 1.54) is 30.1 Å². The molecule has 2 aromatic rings. The van der Waals surface area contributed by atoms with E-state index >= 15 is 0 Å². The first kappa shape index (κ1) is 16.9. The molecule has 0 amide bonds. The molecule has 0 fully saturated rings. The number of hydrogen-bond acceptors (Lipinski definition) is 6. The van der Waals surface area contributed by atoms with E-state index < -0.39 is 11.7 Å². The second kappa shape index (κ2) is 6.90. The molecule has 0 aliphatic heterocycles. The SMILES string of the molecule is COCCn1c(=O)c2c3c(sc2n(CC(=O)OC)c1=O)CCCC3. The largest absolute Gasteiger partial charge is 0.468 e. The van der Waals surface area contributed by atoms with Gasteiger partial charge in [0, 0.05) is 12.0 Å². The Morgan fingerprint density at radius 2 is 1.92 bits per heavy atom. The fraction of sp³-hybridized carbons (Fsp3) is 0.562. The van der Waals surface area contributed by atoms with Crippen LogP contribution in [0.3, 0.4) is 0 Å². The first-order valence-electron chi connectivity index (χ1n) is 7.92. The summed E-state index contributed by atoms with van der Waals surface area (Å²) in [5, 5.41) is 0.578. The molecule has 130 valence electrons. The summed E-state index contributed by atoms with van der Waals surface area (Å²) in [6, 6.07) is 0.